The van der Waals surface area contributed by atoms with Crippen molar-refractivity contribution >= 4 is 57.7 Å². The SMILES string of the molecule is CCCc1cc(Cl)ccc1C1COc2ccc3cc2N(C1)CC1CCC1C(C1SCCCS1)/C=C/CC(C)C(C)S(=O)NC3=O. The number of halogens is 1. The molecule has 3 heterocycles. The van der Waals surface area contributed by atoms with E-state index in [1.807, 2.05) is 31.2 Å². The summed E-state index contributed by atoms with van der Waals surface area (Å²) in [5.74, 6) is 5.10. The Bertz CT molecular complexity index is 1410. The number of fused-ring (bicyclic) bond motifs is 2. The topological polar surface area (TPSA) is 58.6 Å². The van der Waals surface area contributed by atoms with Crippen LogP contribution in [0.2, 0.25) is 5.02 Å². The fourth-order valence-corrected chi connectivity index (χ4v) is 11.8. The molecule has 5 nitrogen and oxygen atoms in total. The molecular weight excluding hydrogens is 640 g/mol. The van der Waals surface area contributed by atoms with Crippen LogP contribution >= 0.6 is 35.1 Å². The molecule has 2 aromatic carbocycles. The molecular formula is C36H47ClN2O3S3. The van der Waals surface area contributed by atoms with Crippen LogP contribution in [-0.2, 0) is 17.4 Å². The predicted molar refractivity (Wildman–Crippen MR) is 193 cm³/mol. The van der Waals surface area contributed by atoms with Gasteiger partial charge in [-0.15, -0.1) is 23.5 Å². The van der Waals surface area contributed by atoms with Crippen LogP contribution in [0.5, 0.6) is 5.75 Å². The first-order chi connectivity index (χ1) is 21.8. The van der Waals surface area contributed by atoms with E-state index in [4.69, 9.17) is 16.3 Å². The number of carbonyl (C=O) groups is 1. The van der Waals surface area contributed by atoms with E-state index in [2.05, 4.69) is 71.3 Å². The minimum Gasteiger partial charge on any atom is -0.491 e. The van der Waals surface area contributed by atoms with Crippen molar-refractivity contribution in [2.24, 2.45) is 23.7 Å². The van der Waals surface area contributed by atoms with E-state index in [0.717, 1.165) is 48.8 Å². The Hall–Kier alpha value is -1.61. The molecule has 1 saturated heterocycles. The maximum Gasteiger partial charge on any atom is 0.263 e. The maximum absolute atomic E-state index is 13.4. The Labute approximate surface area is 285 Å². The van der Waals surface area contributed by atoms with Crippen LogP contribution < -0.4 is 14.4 Å². The first-order valence-corrected chi connectivity index (χ1v) is 20.4. The van der Waals surface area contributed by atoms with Crippen molar-refractivity contribution in [2.75, 3.05) is 36.1 Å². The quantitative estimate of drug-likeness (QED) is 0.326. The number of allylic oxidation sites excluding steroid dienone is 2. The maximum atomic E-state index is 13.4. The summed E-state index contributed by atoms with van der Waals surface area (Å²) in [5, 5.41) is 0.620. The lowest BCUT2D eigenvalue weighted by Gasteiger charge is -2.46. The lowest BCUT2D eigenvalue weighted by Crippen LogP contribution is -2.44. The summed E-state index contributed by atoms with van der Waals surface area (Å²) in [6, 6.07) is 12.0. The van der Waals surface area contributed by atoms with Crippen molar-refractivity contribution in [3.05, 3.63) is 70.3 Å². The fourth-order valence-electron chi connectivity index (χ4n) is 7.33. The molecule has 9 heteroatoms. The number of thioether (sulfide) groups is 2. The highest BCUT2D eigenvalue weighted by atomic mass is 35.5. The van der Waals surface area contributed by atoms with Gasteiger partial charge >= 0.3 is 0 Å². The molecule has 1 amide bonds. The van der Waals surface area contributed by atoms with Crippen LogP contribution in [0.1, 0.15) is 80.3 Å². The summed E-state index contributed by atoms with van der Waals surface area (Å²) in [6.45, 7) is 8.66. The first-order valence-electron chi connectivity index (χ1n) is 16.7. The van der Waals surface area contributed by atoms with Crippen LogP contribution in [0.15, 0.2) is 48.6 Å². The van der Waals surface area contributed by atoms with Gasteiger partial charge in [0, 0.05) is 35.5 Å². The molecule has 1 saturated carbocycles. The molecule has 4 aliphatic rings. The van der Waals surface area contributed by atoms with Crippen molar-refractivity contribution in [3.8, 4) is 5.75 Å². The van der Waals surface area contributed by atoms with Crippen LogP contribution in [0.3, 0.4) is 0 Å². The van der Waals surface area contributed by atoms with Gasteiger partial charge < -0.3 is 9.64 Å². The highest BCUT2D eigenvalue weighted by Crippen LogP contribution is 2.50. The standard InChI is InChI=1S/C36H47ClN2O3S3/c1-4-7-25-18-29(37)12-14-30(25)28-21-39-20-27-10-13-31(27)32(36-43-16-6-17-44-36)9-5-8-23(2)24(3)45(41)38-35(40)26-11-15-34(42-22-28)33(39)19-26/h5,9,11-12,14-15,18-19,23-24,27-28,31-32,36H,4,6-8,10,13,16-17,20-22H2,1-3H3,(H,38,40)/b9-5+. The number of hydrogen-bond donors (Lipinski definition) is 1. The Morgan fingerprint density at radius 1 is 1.09 bits per heavy atom. The smallest absolute Gasteiger partial charge is 0.263 e. The Balaban J connectivity index is 1.38. The molecule has 1 aliphatic carbocycles. The molecule has 45 heavy (non-hydrogen) atoms. The summed E-state index contributed by atoms with van der Waals surface area (Å²) in [6.07, 6.45) is 11.5. The van der Waals surface area contributed by atoms with Gasteiger partial charge in [0.1, 0.15) is 16.7 Å². The second-order valence-corrected chi connectivity index (χ2v) is 18.1. The number of aryl methyl sites for hydroxylation is 1. The minimum atomic E-state index is -1.48. The summed E-state index contributed by atoms with van der Waals surface area (Å²) in [5.41, 5.74) is 4.09. The molecule has 2 bridgehead atoms. The normalized spacial score (nSPS) is 32.0. The molecule has 7 unspecified atom stereocenters. The van der Waals surface area contributed by atoms with Gasteiger partial charge in [-0.1, -0.05) is 50.1 Å². The van der Waals surface area contributed by atoms with Crippen LogP contribution in [0.4, 0.5) is 5.69 Å². The summed E-state index contributed by atoms with van der Waals surface area (Å²) in [4.78, 5) is 15.9. The molecule has 1 N–H and O–H groups in total. The van der Waals surface area contributed by atoms with Gasteiger partial charge in [0.15, 0.2) is 0 Å². The Morgan fingerprint density at radius 3 is 2.67 bits per heavy atom. The van der Waals surface area contributed by atoms with Gasteiger partial charge in [-0.05, 0) is 110 Å². The molecule has 3 aliphatic heterocycles. The molecule has 2 fully saturated rings. The third-order valence-corrected chi connectivity index (χ3v) is 15.2. The second kappa shape index (κ2) is 15.1. The van der Waals surface area contributed by atoms with Crippen molar-refractivity contribution in [2.45, 2.75) is 75.0 Å². The number of nitrogens with zero attached hydrogens (tertiary/aromatic N) is 1. The molecule has 0 radical (unpaired) electrons. The predicted octanol–water partition coefficient (Wildman–Crippen LogP) is 8.49. The molecule has 244 valence electrons. The van der Waals surface area contributed by atoms with E-state index in [9.17, 15) is 9.00 Å². The van der Waals surface area contributed by atoms with E-state index < -0.39 is 11.0 Å². The second-order valence-electron chi connectivity index (χ2n) is 13.3. The van der Waals surface area contributed by atoms with Crippen LogP contribution in [0.25, 0.3) is 0 Å². The lowest BCUT2D eigenvalue weighted by molar-refractivity contribution is 0.0982. The number of rotatable bonds is 4. The van der Waals surface area contributed by atoms with Crippen molar-refractivity contribution in [3.63, 3.8) is 0 Å². The van der Waals surface area contributed by atoms with E-state index >= 15 is 0 Å². The van der Waals surface area contributed by atoms with Crippen molar-refractivity contribution < 1.29 is 13.7 Å². The number of nitrogens with one attached hydrogen (secondary N) is 1. The van der Waals surface area contributed by atoms with Gasteiger partial charge in [-0.3, -0.25) is 9.52 Å². The lowest BCUT2D eigenvalue weighted by atomic mass is 9.67. The Morgan fingerprint density at radius 2 is 1.91 bits per heavy atom. The van der Waals surface area contributed by atoms with Crippen molar-refractivity contribution in [1.82, 2.24) is 4.72 Å². The number of anilines is 1. The zero-order valence-electron chi connectivity index (χ0n) is 26.7. The highest BCUT2D eigenvalue weighted by Gasteiger charge is 2.42. The third kappa shape index (κ3) is 7.60. The van der Waals surface area contributed by atoms with Gasteiger partial charge in [-0.2, -0.15) is 0 Å². The van der Waals surface area contributed by atoms with Gasteiger partial charge in [0.2, 0.25) is 0 Å². The number of ether oxygens (including phenoxy) is 1. The molecule has 0 spiro atoms. The summed E-state index contributed by atoms with van der Waals surface area (Å²) in [7, 11) is -1.48. The number of amides is 1. The van der Waals surface area contributed by atoms with Gasteiger partial charge in [0.25, 0.3) is 5.91 Å². The van der Waals surface area contributed by atoms with Gasteiger partial charge in [-0.25, -0.2) is 4.21 Å². The van der Waals surface area contributed by atoms with Crippen LogP contribution in [0, 0.1) is 23.7 Å². The number of benzene rings is 2. The fraction of sp³-hybridized carbons (Fsp3) is 0.583. The monoisotopic (exact) mass is 686 g/mol. The largest absolute Gasteiger partial charge is 0.491 e. The van der Waals surface area contributed by atoms with Crippen molar-refractivity contribution in [1.29, 1.82) is 0 Å². The molecule has 2 aromatic rings. The van der Waals surface area contributed by atoms with E-state index in [0.29, 0.717) is 34.5 Å². The Kier molecular flexibility index (Phi) is 11.2. The zero-order chi connectivity index (χ0) is 31.5. The van der Waals surface area contributed by atoms with E-state index in [1.54, 1.807) is 0 Å². The molecule has 6 rings (SSSR count). The highest BCUT2D eigenvalue weighted by molar-refractivity contribution is 8.17. The summed E-state index contributed by atoms with van der Waals surface area (Å²) < 4.78 is 23.3. The summed E-state index contributed by atoms with van der Waals surface area (Å²) >= 11 is 10.8. The molecule has 0 aromatic heterocycles. The molecule has 7 atom stereocenters. The number of hydrogen-bond acceptors (Lipinski definition) is 6. The third-order valence-electron chi connectivity index (χ3n) is 10.3. The first kappa shape index (κ1) is 33.3. The zero-order valence-corrected chi connectivity index (χ0v) is 29.9. The average molecular weight is 687 g/mol. The van der Waals surface area contributed by atoms with Gasteiger partial charge in [0.05, 0.1) is 22.1 Å². The van der Waals surface area contributed by atoms with E-state index in [1.165, 1.54) is 41.9 Å². The average Bonchev–Trinajstić information content (AvgIpc) is 3.21. The number of carbonyl (C=O) groups excluding carboxylic acids is 1. The van der Waals surface area contributed by atoms with Crippen LogP contribution in [-0.4, -0.2) is 51.2 Å². The van der Waals surface area contributed by atoms with E-state index in [-0.39, 0.29) is 23.0 Å². The minimum absolute atomic E-state index is 0.155.